The van der Waals surface area contributed by atoms with Crippen molar-refractivity contribution in [2.45, 2.75) is 50.5 Å². The second-order valence-electron chi connectivity index (χ2n) is 6.49. The highest BCUT2D eigenvalue weighted by atomic mass is 16.7. The molecule has 1 spiro atoms. The molecule has 2 fully saturated rings. The highest BCUT2D eigenvalue weighted by Crippen LogP contribution is 2.39. The summed E-state index contributed by atoms with van der Waals surface area (Å²) in [6.45, 7) is 2.87. The number of likely N-dealkylation sites (tertiary alicyclic amines) is 1. The standard InChI is InChI=1S/C17H24N2O2/c1-18-14-5-6-16-13(11-14)12-20-17(21-16)7-9-19(10-8-17)15-3-2-4-15/h5-6,11,15,18H,2-4,7-10,12H2,1H3. The van der Waals surface area contributed by atoms with Gasteiger partial charge in [0.05, 0.1) is 6.61 Å². The number of piperidine rings is 1. The van der Waals surface area contributed by atoms with Crippen molar-refractivity contribution < 1.29 is 9.47 Å². The summed E-state index contributed by atoms with van der Waals surface area (Å²) in [5.41, 5.74) is 2.26. The van der Waals surface area contributed by atoms with Crippen molar-refractivity contribution in [1.29, 1.82) is 0 Å². The molecule has 0 unspecified atom stereocenters. The van der Waals surface area contributed by atoms with Crippen LogP contribution < -0.4 is 10.1 Å². The van der Waals surface area contributed by atoms with Crippen molar-refractivity contribution in [3.63, 3.8) is 0 Å². The first kappa shape index (κ1) is 13.4. The predicted molar refractivity (Wildman–Crippen MR) is 82.6 cm³/mol. The van der Waals surface area contributed by atoms with E-state index in [4.69, 9.17) is 9.47 Å². The van der Waals surface area contributed by atoms with Gasteiger partial charge in [0.25, 0.3) is 0 Å². The molecule has 0 atom stereocenters. The fourth-order valence-electron chi connectivity index (χ4n) is 3.61. The number of benzene rings is 1. The molecule has 4 nitrogen and oxygen atoms in total. The quantitative estimate of drug-likeness (QED) is 0.907. The Bertz CT molecular complexity index is 520. The zero-order valence-corrected chi connectivity index (χ0v) is 12.7. The number of nitrogens with one attached hydrogen (secondary N) is 1. The summed E-state index contributed by atoms with van der Waals surface area (Å²) in [6.07, 6.45) is 6.13. The van der Waals surface area contributed by atoms with Crippen LogP contribution in [0.3, 0.4) is 0 Å². The van der Waals surface area contributed by atoms with E-state index >= 15 is 0 Å². The second-order valence-corrected chi connectivity index (χ2v) is 6.49. The van der Waals surface area contributed by atoms with E-state index in [-0.39, 0.29) is 5.79 Å². The number of rotatable bonds is 2. The summed E-state index contributed by atoms with van der Waals surface area (Å²) < 4.78 is 12.4. The summed E-state index contributed by atoms with van der Waals surface area (Å²) in [5.74, 6) is 0.617. The van der Waals surface area contributed by atoms with E-state index in [1.165, 1.54) is 19.3 Å². The molecule has 0 aromatic heterocycles. The van der Waals surface area contributed by atoms with Gasteiger partial charge in [0, 0.05) is 50.3 Å². The monoisotopic (exact) mass is 288 g/mol. The first-order valence-electron chi connectivity index (χ1n) is 8.16. The van der Waals surface area contributed by atoms with E-state index in [1.54, 1.807) is 0 Å². The van der Waals surface area contributed by atoms with Crippen LogP contribution in [-0.4, -0.2) is 36.9 Å². The molecule has 3 aliphatic rings. The molecule has 2 heterocycles. The van der Waals surface area contributed by atoms with Gasteiger partial charge in [-0.1, -0.05) is 6.42 Å². The normalized spacial score (nSPS) is 25.0. The number of nitrogens with zero attached hydrogens (tertiary/aromatic N) is 1. The van der Waals surface area contributed by atoms with E-state index in [0.717, 1.165) is 49.0 Å². The number of fused-ring (bicyclic) bond motifs is 1. The van der Waals surface area contributed by atoms with Gasteiger partial charge >= 0.3 is 0 Å². The van der Waals surface area contributed by atoms with Crippen LogP contribution in [0.2, 0.25) is 0 Å². The highest BCUT2D eigenvalue weighted by Gasteiger charge is 2.42. The van der Waals surface area contributed by atoms with Crippen LogP contribution in [0.5, 0.6) is 5.75 Å². The lowest BCUT2D eigenvalue weighted by Crippen LogP contribution is -2.54. The minimum atomic E-state index is -0.381. The Hall–Kier alpha value is -1.26. The fraction of sp³-hybridized carbons (Fsp3) is 0.647. The maximum atomic E-state index is 6.26. The maximum absolute atomic E-state index is 6.26. The van der Waals surface area contributed by atoms with E-state index < -0.39 is 0 Å². The molecule has 1 aliphatic carbocycles. The van der Waals surface area contributed by atoms with Crippen LogP contribution in [0.15, 0.2) is 18.2 Å². The van der Waals surface area contributed by atoms with E-state index in [1.807, 2.05) is 7.05 Å². The molecule has 21 heavy (non-hydrogen) atoms. The molecular formula is C17H24N2O2. The van der Waals surface area contributed by atoms with Crippen molar-refractivity contribution in [3.05, 3.63) is 23.8 Å². The Kier molecular flexibility index (Phi) is 3.31. The van der Waals surface area contributed by atoms with E-state index in [2.05, 4.69) is 28.4 Å². The van der Waals surface area contributed by atoms with Crippen LogP contribution >= 0.6 is 0 Å². The van der Waals surface area contributed by atoms with Crippen LogP contribution in [0, 0.1) is 0 Å². The summed E-state index contributed by atoms with van der Waals surface area (Å²) in [6, 6.07) is 7.09. The zero-order chi connectivity index (χ0) is 14.3. The number of ether oxygens (including phenoxy) is 2. The van der Waals surface area contributed by atoms with Crippen molar-refractivity contribution in [1.82, 2.24) is 4.90 Å². The van der Waals surface area contributed by atoms with Gasteiger partial charge in [0.2, 0.25) is 5.79 Å². The Morgan fingerprint density at radius 1 is 1.24 bits per heavy atom. The van der Waals surface area contributed by atoms with Gasteiger partial charge in [-0.3, -0.25) is 4.90 Å². The van der Waals surface area contributed by atoms with Crippen molar-refractivity contribution in [3.8, 4) is 5.75 Å². The predicted octanol–water partition coefficient (Wildman–Crippen LogP) is 2.98. The molecule has 4 rings (SSSR count). The highest BCUT2D eigenvalue weighted by molar-refractivity contribution is 5.51. The molecule has 1 saturated carbocycles. The molecule has 4 heteroatoms. The van der Waals surface area contributed by atoms with Gasteiger partial charge in [-0.05, 0) is 31.0 Å². The average Bonchev–Trinajstić information content (AvgIpc) is 2.47. The van der Waals surface area contributed by atoms with Gasteiger partial charge in [0.1, 0.15) is 5.75 Å². The summed E-state index contributed by atoms with van der Waals surface area (Å²) >= 11 is 0. The fourth-order valence-corrected chi connectivity index (χ4v) is 3.61. The van der Waals surface area contributed by atoms with Gasteiger partial charge in [-0.2, -0.15) is 0 Å². The Labute approximate surface area is 126 Å². The van der Waals surface area contributed by atoms with Gasteiger partial charge in [-0.25, -0.2) is 0 Å². The van der Waals surface area contributed by atoms with E-state index in [0.29, 0.717) is 6.61 Å². The molecule has 2 aliphatic heterocycles. The lowest BCUT2D eigenvalue weighted by molar-refractivity contribution is -0.231. The van der Waals surface area contributed by atoms with Crippen molar-refractivity contribution in [2.24, 2.45) is 0 Å². The minimum Gasteiger partial charge on any atom is -0.462 e. The molecule has 1 aromatic rings. The lowest BCUT2D eigenvalue weighted by Gasteiger charge is -2.47. The third kappa shape index (κ3) is 2.40. The summed E-state index contributed by atoms with van der Waals surface area (Å²) in [5, 5.41) is 3.16. The van der Waals surface area contributed by atoms with Crippen LogP contribution in [0.4, 0.5) is 5.69 Å². The largest absolute Gasteiger partial charge is 0.462 e. The first-order valence-corrected chi connectivity index (χ1v) is 8.16. The Morgan fingerprint density at radius 3 is 2.71 bits per heavy atom. The molecule has 0 bridgehead atoms. The third-order valence-electron chi connectivity index (χ3n) is 5.29. The maximum Gasteiger partial charge on any atom is 0.213 e. The van der Waals surface area contributed by atoms with Crippen molar-refractivity contribution >= 4 is 5.69 Å². The molecule has 1 N–H and O–H groups in total. The lowest BCUT2D eigenvalue weighted by atomic mass is 9.89. The van der Waals surface area contributed by atoms with Crippen LogP contribution in [-0.2, 0) is 11.3 Å². The van der Waals surface area contributed by atoms with E-state index in [9.17, 15) is 0 Å². The number of hydrogen-bond acceptors (Lipinski definition) is 4. The molecule has 1 saturated heterocycles. The number of hydrogen-bond donors (Lipinski definition) is 1. The van der Waals surface area contributed by atoms with Gasteiger partial charge in [-0.15, -0.1) is 0 Å². The minimum absolute atomic E-state index is 0.381. The second kappa shape index (κ2) is 5.18. The molecule has 1 aromatic carbocycles. The zero-order valence-electron chi connectivity index (χ0n) is 12.7. The molecule has 114 valence electrons. The Morgan fingerprint density at radius 2 is 2.05 bits per heavy atom. The molecular weight excluding hydrogens is 264 g/mol. The van der Waals surface area contributed by atoms with Gasteiger partial charge in [0.15, 0.2) is 0 Å². The third-order valence-corrected chi connectivity index (χ3v) is 5.29. The summed E-state index contributed by atoms with van der Waals surface area (Å²) in [7, 11) is 1.93. The Balaban J connectivity index is 1.45. The van der Waals surface area contributed by atoms with Crippen LogP contribution in [0.25, 0.3) is 0 Å². The topological polar surface area (TPSA) is 33.7 Å². The van der Waals surface area contributed by atoms with Crippen LogP contribution in [0.1, 0.15) is 37.7 Å². The number of anilines is 1. The first-order chi connectivity index (χ1) is 10.3. The smallest absolute Gasteiger partial charge is 0.213 e. The SMILES string of the molecule is CNc1ccc2c(c1)COC1(CCN(C3CCC3)CC1)O2. The van der Waals surface area contributed by atoms with Crippen molar-refractivity contribution in [2.75, 3.05) is 25.5 Å². The molecule has 0 radical (unpaired) electrons. The molecule has 0 amide bonds. The van der Waals surface area contributed by atoms with Gasteiger partial charge < -0.3 is 14.8 Å². The summed E-state index contributed by atoms with van der Waals surface area (Å²) in [4.78, 5) is 2.63. The average molecular weight is 288 g/mol.